The number of rotatable bonds is 4. The van der Waals surface area contributed by atoms with E-state index in [0.29, 0.717) is 11.8 Å². The summed E-state index contributed by atoms with van der Waals surface area (Å²) < 4.78 is 5.18. The lowest BCUT2D eigenvalue weighted by molar-refractivity contribution is -0.119. The number of nitrogens with zero attached hydrogens (tertiary/aromatic N) is 2. The first-order valence-corrected chi connectivity index (χ1v) is 7.93. The van der Waals surface area contributed by atoms with Crippen LogP contribution >= 0.6 is 0 Å². The number of aliphatic hydroxyl groups is 1. The molecule has 0 aromatic carbocycles. The van der Waals surface area contributed by atoms with Crippen molar-refractivity contribution in [1.29, 1.82) is 0 Å². The zero-order chi connectivity index (χ0) is 16.3. The lowest BCUT2D eigenvalue weighted by atomic mass is 9.91. The molecule has 0 radical (unpaired) electrons. The number of hydrogen-bond donors (Lipinski definition) is 2. The highest BCUT2D eigenvalue weighted by Gasteiger charge is 2.29. The molecule has 22 heavy (non-hydrogen) atoms. The molecule has 2 heterocycles. The maximum atomic E-state index is 12.2. The van der Waals surface area contributed by atoms with E-state index in [0.717, 1.165) is 25.1 Å². The quantitative estimate of drug-likeness (QED) is 0.889. The molecule has 2 rings (SSSR count). The van der Waals surface area contributed by atoms with Gasteiger partial charge >= 0.3 is 0 Å². The van der Waals surface area contributed by atoms with Gasteiger partial charge in [-0.15, -0.1) is 0 Å². The fraction of sp³-hybridized carbons (Fsp3) is 0.750. The molecule has 1 aliphatic heterocycles. The minimum Gasteiger partial charge on any atom is -0.395 e. The summed E-state index contributed by atoms with van der Waals surface area (Å²) in [4.78, 5) is 14.2. The van der Waals surface area contributed by atoms with Crippen molar-refractivity contribution in [2.45, 2.75) is 52.0 Å². The second kappa shape index (κ2) is 6.79. The third kappa shape index (κ3) is 4.08. The van der Waals surface area contributed by atoms with Gasteiger partial charge in [-0.25, -0.2) is 0 Å². The summed E-state index contributed by atoms with van der Waals surface area (Å²) in [5.74, 6) is 0.647. The summed E-state index contributed by atoms with van der Waals surface area (Å²) in [6, 6.07) is 1.82. The molecule has 124 valence electrons. The second-order valence-electron chi connectivity index (χ2n) is 7.21. The largest absolute Gasteiger partial charge is 0.395 e. The van der Waals surface area contributed by atoms with E-state index in [1.807, 2.05) is 25.7 Å². The highest BCUT2D eigenvalue weighted by molar-refractivity contribution is 5.91. The molecule has 2 N–H and O–H groups in total. The van der Waals surface area contributed by atoms with Crippen molar-refractivity contribution in [2.75, 3.05) is 25.0 Å². The van der Waals surface area contributed by atoms with E-state index in [1.165, 1.54) is 0 Å². The minimum atomic E-state index is -0.135. The molecule has 1 amide bonds. The number of piperidine rings is 1. The maximum Gasteiger partial charge on any atom is 0.240 e. The van der Waals surface area contributed by atoms with E-state index >= 15 is 0 Å². The summed E-state index contributed by atoms with van der Waals surface area (Å²) in [6.45, 7) is 9.43. The summed E-state index contributed by atoms with van der Waals surface area (Å²) in [7, 11) is 0. The van der Waals surface area contributed by atoms with Crippen LogP contribution in [0.3, 0.4) is 0 Å². The lowest BCUT2D eigenvalue weighted by Gasteiger charge is -2.38. The number of likely N-dealkylation sites (tertiary alicyclic amines) is 1. The fourth-order valence-electron chi connectivity index (χ4n) is 2.88. The molecule has 0 aliphatic carbocycles. The van der Waals surface area contributed by atoms with Crippen molar-refractivity contribution in [3.05, 3.63) is 11.8 Å². The van der Waals surface area contributed by atoms with E-state index in [1.54, 1.807) is 6.07 Å². The fourth-order valence-corrected chi connectivity index (χ4v) is 2.88. The van der Waals surface area contributed by atoms with Crippen LogP contribution in [-0.2, 0) is 10.2 Å². The van der Waals surface area contributed by atoms with Crippen LogP contribution in [0.2, 0.25) is 0 Å². The van der Waals surface area contributed by atoms with Gasteiger partial charge in [0.2, 0.25) is 11.8 Å². The molecule has 0 saturated carbocycles. The van der Waals surface area contributed by atoms with Crippen LogP contribution in [0, 0.1) is 5.92 Å². The van der Waals surface area contributed by atoms with Gasteiger partial charge in [0.05, 0.1) is 18.8 Å². The predicted octanol–water partition coefficient (Wildman–Crippen LogP) is 2.00. The van der Waals surface area contributed by atoms with Crippen LogP contribution in [0.25, 0.3) is 0 Å². The number of aliphatic hydroxyl groups excluding tert-OH is 1. The molecule has 1 aromatic rings. The summed E-state index contributed by atoms with van der Waals surface area (Å²) in [5.41, 5.74) is 0.694. The van der Waals surface area contributed by atoms with Gasteiger partial charge < -0.3 is 9.63 Å². The van der Waals surface area contributed by atoms with E-state index < -0.39 is 0 Å². The normalized spacial score (nSPS) is 23.5. The van der Waals surface area contributed by atoms with Crippen molar-refractivity contribution in [3.8, 4) is 0 Å². The van der Waals surface area contributed by atoms with Gasteiger partial charge in [0.15, 0.2) is 0 Å². The number of aromatic nitrogens is 1. The Kier molecular flexibility index (Phi) is 5.24. The van der Waals surface area contributed by atoms with Crippen LogP contribution in [-0.4, -0.2) is 46.8 Å². The Balaban J connectivity index is 1.93. The van der Waals surface area contributed by atoms with Crippen LogP contribution < -0.4 is 5.32 Å². The highest BCUT2D eigenvalue weighted by atomic mass is 16.5. The number of nitrogens with one attached hydrogen (secondary N) is 1. The summed E-state index contributed by atoms with van der Waals surface area (Å²) >= 11 is 0. The number of hydrogen-bond acceptors (Lipinski definition) is 5. The second-order valence-corrected chi connectivity index (χ2v) is 7.21. The minimum absolute atomic E-state index is 0.0550. The topological polar surface area (TPSA) is 78.6 Å². The molecular formula is C16H27N3O3. The standard InChI is InChI=1S/C16H27N3O3/c1-11-6-5-7-19(12(11)10-20)9-14(21)17-15-8-13(18-22-15)16(2,3)4/h8,11-12,20H,5-7,9-10H2,1-4H3,(H,17,21). The average molecular weight is 309 g/mol. The van der Waals surface area contributed by atoms with Crippen molar-refractivity contribution in [2.24, 2.45) is 5.92 Å². The smallest absolute Gasteiger partial charge is 0.240 e. The molecular weight excluding hydrogens is 282 g/mol. The Morgan fingerprint density at radius 3 is 2.86 bits per heavy atom. The van der Waals surface area contributed by atoms with Gasteiger partial charge in [-0.3, -0.25) is 15.0 Å². The molecule has 1 aromatic heterocycles. The molecule has 1 fully saturated rings. The van der Waals surface area contributed by atoms with Crippen LogP contribution in [0.4, 0.5) is 5.88 Å². The first-order chi connectivity index (χ1) is 10.3. The van der Waals surface area contributed by atoms with Crippen molar-refractivity contribution >= 4 is 11.8 Å². The first kappa shape index (κ1) is 17.0. The van der Waals surface area contributed by atoms with Crippen LogP contribution in [0.5, 0.6) is 0 Å². The molecule has 1 aliphatic rings. The molecule has 0 bridgehead atoms. The van der Waals surface area contributed by atoms with Gasteiger partial charge in [-0.2, -0.15) is 0 Å². The molecule has 6 heteroatoms. The SMILES string of the molecule is CC1CCCN(CC(=O)Nc2cc(C(C)(C)C)no2)C1CO. The number of anilines is 1. The van der Waals surface area contributed by atoms with Crippen molar-refractivity contribution < 1.29 is 14.4 Å². The average Bonchev–Trinajstić information content (AvgIpc) is 2.87. The van der Waals surface area contributed by atoms with E-state index in [4.69, 9.17) is 4.52 Å². The molecule has 2 atom stereocenters. The van der Waals surface area contributed by atoms with E-state index in [2.05, 4.69) is 17.4 Å². The zero-order valence-electron chi connectivity index (χ0n) is 13.9. The summed E-state index contributed by atoms with van der Waals surface area (Å²) in [6.07, 6.45) is 2.15. The highest BCUT2D eigenvalue weighted by Crippen LogP contribution is 2.24. The Labute approximate surface area is 131 Å². The van der Waals surface area contributed by atoms with Gasteiger partial charge in [0, 0.05) is 17.5 Å². The van der Waals surface area contributed by atoms with Crippen LogP contribution in [0.1, 0.15) is 46.2 Å². The lowest BCUT2D eigenvalue weighted by Crippen LogP contribution is -2.49. The Morgan fingerprint density at radius 2 is 2.27 bits per heavy atom. The molecule has 0 spiro atoms. The Bertz CT molecular complexity index is 507. The van der Waals surface area contributed by atoms with Crippen LogP contribution in [0.15, 0.2) is 10.6 Å². The third-order valence-electron chi connectivity index (χ3n) is 4.31. The van der Waals surface area contributed by atoms with Crippen molar-refractivity contribution in [1.82, 2.24) is 10.1 Å². The Morgan fingerprint density at radius 1 is 1.55 bits per heavy atom. The van der Waals surface area contributed by atoms with Crippen molar-refractivity contribution in [3.63, 3.8) is 0 Å². The first-order valence-electron chi connectivity index (χ1n) is 7.93. The predicted molar refractivity (Wildman–Crippen MR) is 84.7 cm³/mol. The molecule has 2 unspecified atom stereocenters. The monoisotopic (exact) mass is 309 g/mol. The molecule has 6 nitrogen and oxygen atoms in total. The summed E-state index contributed by atoms with van der Waals surface area (Å²) in [5, 5.41) is 16.3. The third-order valence-corrected chi connectivity index (χ3v) is 4.31. The van der Waals surface area contributed by atoms with E-state index in [-0.39, 0.29) is 30.5 Å². The van der Waals surface area contributed by atoms with Gasteiger partial charge in [-0.05, 0) is 25.3 Å². The van der Waals surface area contributed by atoms with Gasteiger partial charge in [0.1, 0.15) is 0 Å². The zero-order valence-corrected chi connectivity index (χ0v) is 13.9. The number of carbonyl (C=O) groups is 1. The van der Waals surface area contributed by atoms with Gasteiger partial charge in [0.25, 0.3) is 0 Å². The van der Waals surface area contributed by atoms with Gasteiger partial charge in [-0.1, -0.05) is 32.9 Å². The number of carbonyl (C=O) groups excluding carboxylic acids is 1. The Hall–Kier alpha value is -1.40. The molecule has 1 saturated heterocycles. The van der Waals surface area contributed by atoms with E-state index in [9.17, 15) is 9.90 Å². The maximum absolute atomic E-state index is 12.2. The number of amides is 1.